The van der Waals surface area contributed by atoms with Crippen molar-refractivity contribution in [3.63, 3.8) is 0 Å². The number of carbonyl (C=O) groups excluding carboxylic acids is 1. The highest BCUT2D eigenvalue weighted by atomic mass is 19.4. The number of aromatic amines is 1. The molecule has 0 saturated carbocycles. The summed E-state index contributed by atoms with van der Waals surface area (Å²) in [4.78, 5) is 29.3. The van der Waals surface area contributed by atoms with Crippen molar-refractivity contribution in [3.8, 4) is 11.1 Å². The average molecular weight is 322 g/mol. The van der Waals surface area contributed by atoms with E-state index >= 15 is 0 Å². The number of hydrogen-bond acceptors (Lipinski definition) is 4. The molecule has 0 unspecified atom stereocenters. The van der Waals surface area contributed by atoms with E-state index in [-0.39, 0.29) is 16.5 Å². The number of nitrogens with zero attached hydrogens (tertiary/aromatic N) is 1. The summed E-state index contributed by atoms with van der Waals surface area (Å²) in [7, 11) is 1.10. The van der Waals surface area contributed by atoms with Gasteiger partial charge < -0.3 is 9.72 Å². The maximum Gasteiger partial charge on any atom is 0.449 e. The SMILES string of the molecule is COC(=O)c1c2cccccc-2c2c(=O)[nH]c(C(F)(F)F)nc12. The lowest BCUT2D eigenvalue weighted by Crippen LogP contribution is -2.19. The molecule has 118 valence electrons. The van der Waals surface area contributed by atoms with E-state index < -0.39 is 23.5 Å². The second-order valence-corrected chi connectivity index (χ2v) is 4.74. The van der Waals surface area contributed by atoms with Gasteiger partial charge >= 0.3 is 12.1 Å². The highest BCUT2D eigenvalue weighted by Gasteiger charge is 2.36. The number of fused-ring (bicyclic) bond motifs is 3. The van der Waals surface area contributed by atoms with Crippen LogP contribution in [0.4, 0.5) is 13.2 Å². The van der Waals surface area contributed by atoms with Crippen LogP contribution in [0.3, 0.4) is 0 Å². The molecular weight excluding hydrogens is 313 g/mol. The molecule has 1 aromatic rings. The van der Waals surface area contributed by atoms with Crippen molar-refractivity contribution < 1.29 is 22.7 Å². The Morgan fingerprint density at radius 2 is 1.83 bits per heavy atom. The standard InChI is InChI=1S/C15H9F3N2O3/c1-23-13(22)10-8-6-4-2-3-5-7(8)9-11(10)19-14(15(16,17)18)20-12(9)21/h2-6H,1H3,(H,19,20,21). The summed E-state index contributed by atoms with van der Waals surface area (Å²) in [6.45, 7) is 0. The molecule has 0 amide bonds. The molecule has 1 heterocycles. The fourth-order valence-corrected chi connectivity index (χ4v) is 2.46. The molecule has 0 bridgehead atoms. The Morgan fingerprint density at radius 1 is 1.17 bits per heavy atom. The zero-order chi connectivity index (χ0) is 16.8. The molecule has 0 aliphatic heterocycles. The molecule has 0 spiro atoms. The average Bonchev–Trinajstić information content (AvgIpc) is 2.64. The summed E-state index contributed by atoms with van der Waals surface area (Å²) in [5.74, 6) is -2.32. The predicted molar refractivity (Wildman–Crippen MR) is 75.3 cm³/mol. The number of H-pyrrole nitrogens is 1. The Balaban J connectivity index is 2.54. The molecule has 23 heavy (non-hydrogen) atoms. The van der Waals surface area contributed by atoms with Crippen LogP contribution in [0.5, 0.6) is 0 Å². The molecule has 2 aliphatic rings. The van der Waals surface area contributed by atoms with Gasteiger partial charge in [0.2, 0.25) is 5.82 Å². The van der Waals surface area contributed by atoms with Crippen LogP contribution in [-0.2, 0) is 10.9 Å². The lowest BCUT2D eigenvalue weighted by atomic mass is 10.1. The normalized spacial score (nSPS) is 11.8. The fraction of sp³-hybridized carbons (Fsp3) is 0.133. The van der Waals surface area contributed by atoms with Crippen molar-refractivity contribution in [1.82, 2.24) is 9.97 Å². The van der Waals surface area contributed by atoms with Gasteiger partial charge in [0, 0.05) is 0 Å². The Hall–Kier alpha value is -2.90. The summed E-state index contributed by atoms with van der Waals surface area (Å²) in [5.41, 5.74) is -0.824. The van der Waals surface area contributed by atoms with Crippen molar-refractivity contribution in [1.29, 1.82) is 0 Å². The smallest absolute Gasteiger partial charge is 0.449 e. The molecule has 0 fully saturated rings. The van der Waals surface area contributed by atoms with E-state index in [1.807, 2.05) is 0 Å². The van der Waals surface area contributed by atoms with Crippen LogP contribution in [0.2, 0.25) is 0 Å². The Labute approximate surface area is 127 Å². The Kier molecular flexibility index (Phi) is 3.32. The zero-order valence-corrected chi connectivity index (χ0v) is 11.7. The van der Waals surface area contributed by atoms with Crippen LogP contribution in [0.1, 0.15) is 16.2 Å². The molecule has 5 nitrogen and oxygen atoms in total. The molecule has 0 aromatic carbocycles. The summed E-state index contributed by atoms with van der Waals surface area (Å²) in [5, 5.41) is -0.0791. The van der Waals surface area contributed by atoms with Crippen LogP contribution < -0.4 is 5.56 Å². The van der Waals surface area contributed by atoms with Crippen LogP contribution in [0.25, 0.3) is 22.0 Å². The molecule has 0 saturated heterocycles. The van der Waals surface area contributed by atoms with E-state index in [4.69, 9.17) is 0 Å². The number of hydrogen-bond donors (Lipinski definition) is 1. The number of rotatable bonds is 1. The first kappa shape index (κ1) is 15.0. The van der Waals surface area contributed by atoms with Gasteiger partial charge in [-0.05, 0) is 11.1 Å². The molecule has 2 aliphatic carbocycles. The second kappa shape index (κ2) is 5.08. The van der Waals surface area contributed by atoms with Crippen LogP contribution in [-0.4, -0.2) is 23.0 Å². The monoisotopic (exact) mass is 322 g/mol. The third-order valence-corrected chi connectivity index (χ3v) is 3.39. The van der Waals surface area contributed by atoms with E-state index in [0.717, 1.165) is 7.11 Å². The van der Waals surface area contributed by atoms with Gasteiger partial charge in [-0.3, -0.25) is 4.79 Å². The third-order valence-electron chi connectivity index (χ3n) is 3.39. The lowest BCUT2D eigenvalue weighted by molar-refractivity contribution is -0.144. The maximum absolute atomic E-state index is 12.9. The Bertz CT molecular complexity index is 947. The first-order valence-corrected chi connectivity index (χ1v) is 6.45. The number of carbonyl (C=O) groups is 1. The van der Waals surface area contributed by atoms with Gasteiger partial charge in [0.25, 0.3) is 5.56 Å². The molecular formula is C15H9F3N2O3. The van der Waals surface area contributed by atoms with Gasteiger partial charge in [0.1, 0.15) is 0 Å². The number of ether oxygens (including phenoxy) is 1. The van der Waals surface area contributed by atoms with Crippen molar-refractivity contribution in [3.05, 3.63) is 52.1 Å². The van der Waals surface area contributed by atoms with Gasteiger partial charge in [-0.15, -0.1) is 0 Å². The fourth-order valence-electron chi connectivity index (χ4n) is 2.46. The minimum atomic E-state index is -4.84. The van der Waals surface area contributed by atoms with E-state index in [2.05, 4.69) is 9.72 Å². The largest absolute Gasteiger partial charge is 0.465 e. The number of aromatic nitrogens is 2. The quantitative estimate of drug-likeness (QED) is 0.699. The highest BCUT2D eigenvalue weighted by molar-refractivity contribution is 6.16. The molecule has 3 rings (SSSR count). The molecule has 0 radical (unpaired) electrons. The minimum absolute atomic E-state index is 0.0791. The number of nitrogens with one attached hydrogen (secondary N) is 1. The summed E-state index contributed by atoms with van der Waals surface area (Å²) >= 11 is 0. The van der Waals surface area contributed by atoms with Gasteiger partial charge in [-0.25, -0.2) is 9.78 Å². The van der Waals surface area contributed by atoms with Crippen LogP contribution >= 0.6 is 0 Å². The predicted octanol–water partition coefficient (Wildman–Crippen LogP) is 2.83. The van der Waals surface area contributed by atoms with E-state index in [9.17, 15) is 22.8 Å². The minimum Gasteiger partial charge on any atom is -0.465 e. The van der Waals surface area contributed by atoms with Gasteiger partial charge in [-0.1, -0.05) is 30.3 Å². The van der Waals surface area contributed by atoms with E-state index in [1.54, 1.807) is 23.2 Å². The lowest BCUT2D eigenvalue weighted by Gasteiger charge is -2.05. The second-order valence-electron chi connectivity index (χ2n) is 4.74. The van der Waals surface area contributed by atoms with Crippen LogP contribution in [0, 0.1) is 0 Å². The van der Waals surface area contributed by atoms with Crippen molar-refractivity contribution >= 4 is 16.9 Å². The zero-order valence-electron chi connectivity index (χ0n) is 11.7. The van der Waals surface area contributed by atoms with Gasteiger partial charge in [-0.2, -0.15) is 13.2 Å². The summed E-state index contributed by atoms with van der Waals surface area (Å²) < 4.78 is 43.3. The van der Waals surface area contributed by atoms with Crippen molar-refractivity contribution in [2.45, 2.75) is 6.18 Å². The van der Waals surface area contributed by atoms with E-state index in [0.29, 0.717) is 11.1 Å². The number of esters is 1. The number of alkyl halides is 3. The molecule has 8 heteroatoms. The van der Waals surface area contributed by atoms with Crippen molar-refractivity contribution in [2.75, 3.05) is 7.11 Å². The number of methoxy groups -OCH3 is 1. The van der Waals surface area contributed by atoms with Gasteiger partial charge in [0.15, 0.2) is 0 Å². The van der Waals surface area contributed by atoms with Crippen molar-refractivity contribution in [2.24, 2.45) is 0 Å². The van der Waals surface area contributed by atoms with Crippen LogP contribution in [0.15, 0.2) is 35.1 Å². The van der Waals surface area contributed by atoms with E-state index in [1.165, 1.54) is 12.1 Å². The maximum atomic E-state index is 12.9. The topological polar surface area (TPSA) is 72.1 Å². The Morgan fingerprint density at radius 3 is 2.43 bits per heavy atom. The summed E-state index contributed by atoms with van der Waals surface area (Å²) in [6.07, 6.45) is -4.84. The summed E-state index contributed by atoms with van der Waals surface area (Å²) in [6, 6.07) is 7.94. The molecule has 1 aromatic heterocycles. The third kappa shape index (κ3) is 2.32. The molecule has 1 N–H and O–H groups in total. The van der Waals surface area contributed by atoms with Gasteiger partial charge in [0.05, 0.1) is 23.6 Å². The number of halogens is 3. The first-order chi connectivity index (χ1) is 10.8. The first-order valence-electron chi connectivity index (χ1n) is 6.45. The highest BCUT2D eigenvalue weighted by Crippen LogP contribution is 2.37. The molecule has 0 atom stereocenters.